The van der Waals surface area contributed by atoms with Gasteiger partial charge in [-0.3, -0.25) is 13.9 Å². The summed E-state index contributed by atoms with van der Waals surface area (Å²) in [6.07, 6.45) is 1.95. The molecule has 3 rings (SSSR count). The molecule has 0 aromatic heterocycles. The van der Waals surface area contributed by atoms with E-state index in [1.807, 2.05) is 70.2 Å². The quantitative estimate of drug-likeness (QED) is 0.319. The van der Waals surface area contributed by atoms with Crippen LogP contribution in [0.1, 0.15) is 51.7 Å². The molecule has 0 radical (unpaired) electrons. The van der Waals surface area contributed by atoms with Crippen molar-refractivity contribution in [1.29, 1.82) is 0 Å². The van der Waals surface area contributed by atoms with Crippen LogP contribution < -0.4 is 9.62 Å². The molecule has 1 N–H and O–H groups in total. The first-order valence-electron chi connectivity index (χ1n) is 13.5. The average molecular weight is 550 g/mol. The van der Waals surface area contributed by atoms with Crippen molar-refractivity contribution in [3.8, 4) is 0 Å². The number of nitrogens with zero attached hydrogens (tertiary/aromatic N) is 2. The number of amides is 2. The maximum Gasteiger partial charge on any atom is 0.264 e. The molecule has 39 heavy (non-hydrogen) atoms. The summed E-state index contributed by atoms with van der Waals surface area (Å²) in [5, 5.41) is 2.99. The third kappa shape index (κ3) is 7.69. The number of benzene rings is 3. The largest absolute Gasteiger partial charge is 0.352 e. The lowest BCUT2D eigenvalue weighted by Gasteiger charge is -2.33. The van der Waals surface area contributed by atoms with E-state index in [1.165, 1.54) is 17.0 Å². The maximum atomic E-state index is 14.0. The zero-order valence-corrected chi connectivity index (χ0v) is 24.0. The zero-order chi connectivity index (χ0) is 28.4. The standard InChI is InChI=1S/C31H39N3O4S/c1-5-24(4)32-31(36)29(7-3)33(22-26-14-10-8-11-15-26)30(35)23-34(27-20-18-25(6-2)19-21-27)39(37,38)28-16-12-9-13-17-28/h8-21,24,29H,5-7,22-23H2,1-4H3,(H,32,36)/t24-,29-/m1/s1. The Labute approximate surface area is 232 Å². The van der Waals surface area contributed by atoms with E-state index >= 15 is 0 Å². The molecule has 2 atom stereocenters. The number of carbonyl (C=O) groups is 2. The first kappa shape index (κ1) is 29.9. The lowest BCUT2D eigenvalue weighted by Crippen LogP contribution is -2.53. The summed E-state index contributed by atoms with van der Waals surface area (Å²) in [5.74, 6) is -0.704. The molecule has 3 aromatic carbocycles. The van der Waals surface area contributed by atoms with Gasteiger partial charge in [0.1, 0.15) is 12.6 Å². The van der Waals surface area contributed by atoms with E-state index in [1.54, 1.807) is 30.3 Å². The summed E-state index contributed by atoms with van der Waals surface area (Å²) >= 11 is 0. The van der Waals surface area contributed by atoms with Gasteiger partial charge in [0.2, 0.25) is 11.8 Å². The van der Waals surface area contributed by atoms with Crippen molar-refractivity contribution in [2.75, 3.05) is 10.8 Å². The molecule has 2 amide bonds. The Balaban J connectivity index is 2.03. The average Bonchev–Trinajstić information content (AvgIpc) is 2.96. The monoisotopic (exact) mass is 549 g/mol. The first-order chi connectivity index (χ1) is 18.7. The summed E-state index contributed by atoms with van der Waals surface area (Å²) < 4.78 is 28.8. The van der Waals surface area contributed by atoms with E-state index in [2.05, 4.69) is 5.32 Å². The Morgan fingerprint density at radius 2 is 1.38 bits per heavy atom. The van der Waals surface area contributed by atoms with E-state index < -0.39 is 28.5 Å². The SMILES string of the molecule is CCc1ccc(N(CC(=O)N(Cc2ccccc2)[C@H](CC)C(=O)N[C@H](C)CC)S(=O)(=O)c2ccccc2)cc1. The van der Waals surface area contributed by atoms with Crippen molar-refractivity contribution >= 4 is 27.5 Å². The van der Waals surface area contributed by atoms with Crippen LogP contribution in [-0.2, 0) is 32.6 Å². The fraction of sp³-hybridized carbons (Fsp3) is 0.355. The first-order valence-corrected chi connectivity index (χ1v) is 15.0. The minimum Gasteiger partial charge on any atom is -0.352 e. The van der Waals surface area contributed by atoms with Crippen molar-refractivity contribution in [2.24, 2.45) is 0 Å². The van der Waals surface area contributed by atoms with Crippen LogP contribution in [0.25, 0.3) is 0 Å². The van der Waals surface area contributed by atoms with Gasteiger partial charge in [-0.1, -0.05) is 81.4 Å². The molecule has 0 unspecified atom stereocenters. The fourth-order valence-electron chi connectivity index (χ4n) is 4.29. The summed E-state index contributed by atoms with van der Waals surface area (Å²) in [6.45, 7) is 7.52. The third-order valence-electron chi connectivity index (χ3n) is 6.83. The van der Waals surface area contributed by atoms with Gasteiger partial charge in [-0.25, -0.2) is 8.42 Å². The van der Waals surface area contributed by atoms with Gasteiger partial charge < -0.3 is 10.2 Å². The number of nitrogens with one attached hydrogen (secondary N) is 1. The van der Waals surface area contributed by atoms with Gasteiger partial charge >= 0.3 is 0 Å². The van der Waals surface area contributed by atoms with Gasteiger partial charge in [-0.2, -0.15) is 0 Å². The van der Waals surface area contributed by atoms with Crippen LogP contribution in [0.3, 0.4) is 0 Å². The van der Waals surface area contributed by atoms with E-state index in [4.69, 9.17) is 0 Å². The van der Waals surface area contributed by atoms with E-state index in [0.29, 0.717) is 12.1 Å². The van der Waals surface area contributed by atoms with Crippen molar-refractivity contribution < 1.29 is 18.0 Å². The van der Waals surface area contributed by atoms with Crippen LogP contribution >= 0.6 is 0 Å². The van der Waals surface area contributed by atoms with E-state index in [-0.39, 0.29) is 23.4 Å². The second-order valence-electron chi connectivity index (χ2n) is 9.59. The Kier molecular flexibility index (Phi) is 10.7. The minimum absolute atomic E-state index is 0.0488. The smallest absolute Gasteiger partial charge is 0.264 e. The topological polar surface area (TPSA) is 86.8 Å². The van der Waals surface area contributed by atoms with Gasteiger partial charge in [0.25, 0.3) is 10.0 Å². The number of aryl methyl sites for hydroxylation is 1. The van der Waals surface area contributed by atoms with Gasteiger partial charge in [-0.15, -0.1) is 0 Å². The summed E-state index contributed by atoms with van der Waals surface area (Å²) in [6, 6.07) is 23.9. The highest BCUT2D eigenvalue weighted by Gasteiger charge is 2.33. The van der Waals surface area contributed by atoms with Crippen LogP contribution in [-0.4, -0.2) is 43.8 Å². The van der Waals surface area contributed by atoms with E-state index in [0.717, 1.165) is 28.3 Å². The van der Waals surface area contributed by atoms with Crippen LogP contribution in [0.2, 0.25) is 0 Å². The molecule has 0 heterocycles. The molecule has 208 valence electrons. The number of carbonyl (C=O) groups excluding carboxylic acids is 2. The normalized spacial score (nSPS) is 12.8. The van der Waals surface area contributed by atoms with Crippen LogP contribution in [0, 0.1) is 0 Å². The summed E-state index contributed by atoms with van der Waals surface area (Å²) in [4.78, 5) is 28.9. The highest BCUT2D eigenvalue weighted by Crippen LogP contribution is 2.25. The van der Waals surface area contributed by atoms with Crippen LogP contribution in [0.15, 0.2) is 89.8 Å². The Bertz CT molecular complexity index is 1310. The van der Waals surface area contributed by atoms with Gasteiger partial charge in [-0.05, 0) is 61.6 Å². The minimum atomic E-state index is -4.07. The summed E-state index contributed by atoms with van der Waals surface area (Å²) in [5.41, 5.74) is 2.30. The third-order valence-corrected chi connectivity index (χ3v) is 8.61. The number of anilines is 1. The Hall–Kier alpha value is -3.65. The molecular weight excluding hydrogens is 510 g/mol. The molecule has 0 aliphatic heterocycles. The molecule has 0 saturated carbocycles. The maximum absolute atomic E-state index is 14.0. The number of hydrogen-bond donors (Lipinski definition) is 1. The van der Waals surface area contributed by atoms with Gasteiger partial charge in [0.15, 0.2) is 0 Å². The lowest BCUT2D eigenvalue weighted by molar-refractivity contribution is -0.140. The number of rotatable bonds is 13. The molecular formula is C31H39N3O4S. The van der Waals surface area contributed by atoms with Crippen molar-refractivity contribution in [3.05, 3.63) is 96.1 Å². The molecule has 0 aliphatic rings. The molecule has 0 spiro atoms. The molecule has 3 aromatic rings. The Morgan fingerprint density at radius 3 is 1.92 bits per heavy atom. The number of sulfonamides is 1. The van der Waals surface area contributed by atoms with Crippen LogP contribution in [0.4, 0.5) is 5.69 Å². The molecule has 0 aliphatic carbocycles. The Morgan fingerprint density at radius 1 is 0.795 bits per heavy atom. The highest BCUT2D eigenvalue weighted by atomic mass is 32.2. The van der Waals surface area contributed by atoms with E-state index in [9.17, 15) is 18.0 Å². The van der Waals surface area contributed by atoms with Gasteiger partial charge in [0.05, 0.1) is 10.6 Å². The second-order valence-corrected chi connectivity index (χ2v) is 11.5. The zero-order valence-electron chi connectivity index (χ0n) is 23.2. The predicted molar refractivity (Wildman–Crippen MR) is 156 cm³/mol. The van der Waals surface area contributed by atoms with Crippen LogP contribution in [0.5, 0.6) is 0 Å². The molecule has 7 nitrogen and oxygen atoms in total. The molecule has 0 saturated heterocycles. The molecule has 0 fully saturated rings. The lowest BCUT2D eigenvalue weighted by atomic mass is 10.1. The predicted octanol–water partition coefficient (Wildman–Crippen LogP) is 5.17. The van der Waals surface area contributed by atoms with Crippen molar-refractivity contribution in [1.82, 2.24) is 10.2 Å². The number of hydrogen-bond acceptors (Lipinski definition) is 4. The summed E-state index contributed by atoms with van der Waals surface area (Å²) in [7, 11) is -4.07. The molecule has 0 bridgehead atoms. The molecule has 8 heteroatoms. The second kappa shape index (κ2) is 13.9. The fourth-order valence-corrected chi connectivity index (χ4v) is 5.72. The van der Waals surface area contributed by atoms with Gasteiger partial charge in [0, 0.05) is 12.6 Å². The highest BCUT2D eigenvalue weighted by molar-refractivity contribution is 7.92. The van der Waals surface area contributed by atoms with Crippen molar-refractivity contribution in [3.63, 3.8) is 0 Å². The van der Waals surface area contributed by atoms with Crippen molar-refractivity contribution in [2.45, 2.75) is 70.5 Å².